The van der Waals surface area contributed by atoms with Gasteiger partial charge in [0, 0.05) is 23.4 Å². The fraction of sp³-hybridized carbons (Fsp3) is 0.455. The molecule has 0 saturated carbocycles. The lowest BCUT2D eigenvalue weighted by molar-refractivity contribution is -0.127. The van der Waals surface area contributed by atoms with Crippen molar-refractivity contribution in [3.05, 3.63) is 51.9 Å². The van der Waals surface area contributed by atoms with Crippen LogP contribution in [0.25, 0.3) is 16.5 Å². The average molecular weight is 445 g/mol. The molecule has 0 amide bonds. The lowest BCUT2D eigenvalue weighted by atomic mass is 9.99. The third-order valence-corrected chi connectivity index (χ3v) is 4.99. The van der Waals surface area contributed by atoms with Crippen LogP contribution in [0.3, 0.4) is 0 Å². The van der Waals surface area contributed by atoms with Crippen LogP contribution in [-0.2, 0) is 9.53 Å². The number of hydrogen-bond donors (Lipinski definition) is 3. The van der Waals surface area contributed by atoms with Crippen LogP contribution in [-0.4, -0.2) is 58.5 Å². The van der Waals surface area contributed by atoms with E-state index in [-0.39, 0.29) is 48.1 Å². The zero-order chi connectivity index (χ0) is 23.7. The Morgan fingerprint density at radius 3 is 2.72 bits per heavy atom. The number of aromatic hydroxyl groups is 1. The number of aliphatic hydroxyl groups excluding tert-OH is 2. The molecule has 0 aliphatic carbocycles. The van der Waals surface area contributed by atoms with E-state index in [1.807, 2.05) is 0 Å². The summed E-state index contributed by atoms with van der Waals surface area (Å²) in [7, 11) is 0. The maximum Gasteiger partial charge on any atom is 0.342 e. The van der Waals surface area contributed by atoms with Gasteiger partial charge in [-0.15, -0.1) is 0 Å². The van der Waals surface area contributed by atoms with Crippen LogP contribution in [0, 0.1) is 5.92 Å². The maximum absolute atomic E-state index is 12.8. The van der Waals surface area contributed by atoms with Crippen molar-refractivity contribution in [3.8, 4) is 11.5 Å². The third kappa shape index (κ3) is 6.84. The molecular weight excluding hydrogens is 418 g/mol. The van der Waals surface area contributed by atoms with E-state index in [1.54, 1.807) is 13.8 Å². The average Bonchev–Trinajstić information content (AvgIpc) is 2.75. The molecular formula is C22H27N3O7. The molecule has 1 heterocycles. The van der Waals surface area contributed by atoms with E-state index in [1.165, 1.54) is 30.4 Å². The van der Waals surface area contributed by atoms with Crippen molar-refractivity contribution < 1.29 is 34.4 Å². The third-order valence-electron chi connectivity index (χ3n) is 4.99. The van der Waals surface area contributed by atoms with Crippen LogP contribution in [0.1, 0.15) is 42.6 Å². The summed E-state index contributed by atoms with van der Waals surface area (Å²) in [5.41, 5.74) is 8.50. The number of benzene rings is 1. The van der Waals surface area contributed by atoms with Gasteiger partial charge >= 0.3 is 5.97 Å². The highest BCUT2D eigenvalue weighted by atomic mass is 16.5. The molecule has 10 heteroatoms. The Bertz CT molecular complexity index is 938. The highest BCUT2D eigenvalue weighted by Gasteiger charge is 2.25. The van der Waals surface area contributed by atoms with Gasteiger partial charge in [0.25, 0.3) is 0 Å². The molecule has 0 bridgehead atoms. The number of esters is 1. The van der Waals surface area contributed by atoms with Crippen molar-refractivity contribution in [2.24, 2.45) is 11.0 Å². The van der Waals surface area contributed by atoms with Crippen molar-refractivity contribution in [2.75, 3.05) is 13.2 Å². The van der Waals surface area contributed by atoms with E-state index in [4.69, 9.17) is 15.0 Å². The van der Waals surface area contributed by atoms with E-state index in [0.29, 0.717) is 6.42 Å². The van der Waals surface area contributed by atoms with Gasteiger partial charge in [0.15, 0.2) is 5.78 Å². The minimum Gasteiger partial charge on any atom is -0.507 e. The smallest absolute Gasteiger partial charge is 0.342 e. The predicted molar refractivity (Wildman–Crippen MR) is 116 cm³/mol. The minimum atomic E-state index is -1.59. The molecule has 3 unspecified atom stereocenters. The molecule has 0 spiro atoms. The van der Waals surface area contributed by atoms with Crippen molar-refractivity contribution >= 4 is 17.8 Å². The Hall–Kier alpha value is -3.33. The van der Waals surface area contributed by atoms with E-state index in [0.717, 1.165) is 6.08 Å². The van der Waals surface area contributed by atoms with Crippen LogP contribution in [0.5, 0.6) is 11.5 Å². The fourth-order valence-electron chi connectivity index (χ4n) is 2.92. The quantitative estimate of drug-likeness (QED) is 0.206. The lowest BCUT2D eigenvalue weighted by Gasteiger charge is -2.20. The number of rotatable bonds is 5. The highest BCUT2D eigenvalue weighted by Crippen LogP contribution is 2.31. The number of cyclic esters (lactones) is 1. The number of ether oxygens (including phenoxy) is 2. The summed E-state index contributed by atoms with van der Waals surface area (Å²) in [4.78, 5) is 27.5. The summed E-state index contributed by atoms with van der Waals surface area (Å²) in [5.74, 6) is -1.84. The van der Waals surface area contributed by atoms with Crippen molar-refractivity contribution in [3.63, 3.8) is 0 Å². The van der Waals surface area contributed by atoms with Crippen LogP contribution in [0.4, 0.5) is 0 Å². The highest BCUT2D eigenvalue weighted by molar-refractivity contribution is 5.97. The molecule has 2 rings (SSSR count). The Balaban J connectivity index is 2.38. The predicted octanol–water partition coefficient (Wildman–Crippen LogP) is 2.92. The first-order chi connectivity index (χ1) is 15.2. The first-order valence-corrected chi connectivity index (χ1v) is 10.2. The number of hydrogen-bond acceptors (Lipinski definition) is 8. The van der Waals surface area contributed by atoms with Crippen LogP contribution >= 0.6 is 0 Å². The van der Waals surface area contributed by atoms with E-state index < -0.39 is 30.1 Å². The number of nitrogens with zero attached hydrogens (tertiary/aromatic N) is 3. The standard InChI is InChI=1S/C22H27N3O7/c1-13-7-8-18(27)21(29)17(26)6-3-5-15-11-16(31-10-4-9-24-25-23)12-19(28)20(15)22(30)32-14(13)2/h3,5,7-8,11-14,17,21,26,28-29H,4,6,9-10H2,1-2H3/b5-3+,8-7-/t13-,14?,17?,21?/m1/s1. The number of ketones is 1. The largest absolute Gasteiger partial charge is 0.507 e. The normalized spacial score (nSPS) is 26.1. The zero-order valence-corrected chi connectivity index (χ0v) is 17.9. The van der Waals surface area contributed by atoms with E-state index in [9.17, 15) is 24.9 Å². The number of fused-ring (bicyclic) bond motifs is 1. The molecule has 0 aromatic heterocycles. The monoisotopic (exact) mass is 445 g/mol. The van der Waals surface area contributed by atoms with Gasteiger partial charge in [-0.2, -0.15) is 0 Å². The Morgan fingerprint density at radius 2 is 2.00 bits per heavy atom. The Kier molecular flexibility index (Phi) is 9.27. The summed E-state index contributed by atoms with van der Waals surface area (Å²) in [6, 6.07) is 2.81. The SMILES string of the molecule is CC1OC(=O)c2c(O)cc(OCCCN=[N+]=[N-])cc2/C=C/CC(O)C(O)C(=O)/C=C\[C@H]1C. The molecule has 3 N–H and O–H groups in total. The Morgan fingerprint density at radius 1 is 1.25 bits per heavy atom. The molecule has 1 aromatic carbocycles. The van der Waals surface area contributed by atoms with Gasteiger partial charge in [-0.3, -0.25) is 4.79 Å². The van der Waals surface area contributed by atoms with Gasteiger partial charge in [0.1, 0.15) is 29.3 Å². The maximum atomic E-state index is 12.8. The number of phenolic OH excluding ortho intramolecular Hbond substituents is 1. The number of phenols is 1. The van der Waals surface area contributed by atoms with Gasteiger partial charge in [-0.25, -0.2) is 4.79 Å². The number of carbonyl (C=O) groups excluding carboxylic acids is 2. The molecule has 1 aromatic rings. The summed E-state index contributed by atoms with van der Waals surface area (Å²) < 4.78 is 11.0. The molecule has 0 saturated heterocycles. The van der Waals surface area contributed by atoms with Gasteiger partial charge in [0.2, 0.25) is 0 Å². The number of azide groups is 1. The fourth-order valence-corrected chi connectivity index (χ4v) is 2.92. The second-order valence-electron chi connectivity index (χ2n) is 7.44. The van der Waals surface area contributed by atoms with Crippen molar-refractivity contribution in [1.82, 2.24) is 0 Å². The first-order valence-electron chi connectivity index (χ1n) is 10.2. The topological polar surface area (TPSA) is 162 Å². The zero-order valence-electron chi connectivity index (χ0n) is 17.9. The summed E-state index contributed by atoms with van der Waals surface area (Å²) >= 11 is 0. The lowest BCUT2D eigenvalue weighted by Crippen LogP contribution is -2.32. The molecule has 10 nitrogen and oxygen atoms in total. The molecule has 0 fully saturated rings. The van der Waals surface area contributed by atoms with Gasteiger partial charge in [0.05, 0.1) is 12.7 Å². The van der Waals surface area contributed by atoms with Crippen LogP contribution < -0.4 is 4.74 Å². The first kappa shape index (κ1) is 24.9. The molecule has 1 aliphatic rings. The second-order valence-corrected chi connectivity index (χ2v) is 7.44. The van der Waals surface area contributed by atoms with Crippen LogP contribution in [0.15, 0.2) is 35.5 Å². The van der Waals surface area contributed by atoms with Crippen LogP contribution in [0.2, 0.25) is 0 Å². The van der Waals surface area contributed by atoms with E-state index in [2.05, 4.69) is 10.0 Å². The van der Waals surface area contributed by atoms with Gasteiger partial charge < -0.3 is 24.8 Å². The van der Waals surface area contributed by atoms with Gasteiger partial charge in [-0.05, 0) is 43.0 Å². The molecule has 1 aliphatic heterocycles. The van der Waals surface area contributed by atoms with Crippen molar-refractivity contribution in [1.29, 1.82) is 0 Å². The summed E-state index contributed by atoms with van der Waals surface area (Å²) in [6.45, 7) is 3.84. The molecule has 172 valence electrons. The number of carbonyl (C=O) groups is 2. The molecule has 32 heavy (non-hydrogen) atoms. The van der Waals surface area contributed by atoms with Gasteiger partial charge in [-0.1, -0.05) is 30.3 Å². The molecule has 4 atom stereocenters. The minimum absolute atomic E-state index is 0.0702. The second kappa shape index (κ2) is 11.9. The summed E-state index contributed by atoms with van der Waals surface area (Å²) in [5, 5.41) is 34.1. The molecule has 0 radical (unpaired) electrons. The van der Waals surface area contributed by atoms with Crippen molar-refractivity contribution in [2.45, 2.75) is 45.0 Å². The summed E-state index contributed by atoms with van der Waals surface area (Å²) in [6.07, 6.45) is 2.41. The Labute approximate surface area is 185 Å². The number of aliphatic hydroxyl groups is 2. The van der Waals surface area contributed by atoms with E-state index >= 15 is 0 Å².